The predicted molar refractivity (Wildman–Crippen MR) is 44.6 cm³/mol. The molecule has 0 saturated carbocycles. The van der Waals surface area contributed by atoms with Crippen molar-refractivity contribution in [2.24, 2.45) is 0 Å². The fourth-order valence-electron chi connectivity index (χ4n) is 1.95. The van der Waals surface area contributed by atoms with E-state index in [9.17, 15) is 5.11 Å². The van der Waals surface area contributed by atoms with E-state index in [0.29, 0.717) is 5.92 Å². The molecule has 0 fully saturated rings. The zero-order chi connectivity index (χ0) is 8.77. The number of hydrogen-bond donors (Lipinski definition) is 1. The monoisotopic (exact) mass is 164 g/mol. The molecular formula is C9H12N2O. The van der Waals surface area contributed by atoms with Gasteiger partial charge in [0.2, 0.25) is 0 Å². The smallest absolute Gasteiger partial charge is 0.115 e. The largest absolute Gasteiger partial charge is 0.384 e. The Morgan fingerprint density at radius 3 is 3.08 bits per heavy atom. The van der Waals surface area contributed by atoms with E-state index in [0.717, 1.165) is 17.7 Å². The van der Waals surface area contributed by atoms with E-state index in [-0.39, 0.29) is 0 Å². The van der Waals surface area contributed by atoms with Crippen LogP contribution in [-0.4, -0.2) is 15.1 Å². The lowest BCUT2D eigenvalue weighted by Crippen LogP contribution is -2.18. The van der Waals surface area contributed by atoms with E-state index in [4.69, 9.17) is 0 Å². The Bertz CT molecular complexity index is 309. The van der Waals surface area contributed by atoms with Gasteiger partial charge in [-0.05, 0) is 24.8 Å². The molecule has 0 aromatic carbocycles. The van der Waals surface area contributed by atoms with Crippen LogP contribution in [-0.2, 0) is 5.60 Å². The fraction of sp³-hybridized carbons (Fsp3) is 0.556. The summed E-state index contributed by atoms with van der Waals surface area (Å²) in [6.45, 7) is 3.89. The van der Waals surface area contributed by atoms with Gasteiger partial charge in [-0.25, -0.2) is 9.97 Å². The average molecular weight is 164 g/mol. The van der Waals surface area contributed by atoms with E-state index < -0.39 is 5.60 Å². The maximum absolute atomic E-state index is 9.93. The topological polar surface area (TPSA) is 46.0 Å². The zero-order valence-corrected chi connectivity index (χ0v) is 7.28. The van der Waals surface area contributed by atoms with Crippen LogP contribution in [0.3, 0.4) is 0 Å². The highest BCUT2D eigenvalue weighted by Crippen LogP contribution is 2.41. The van der Waals surface area contributed by atoms with Crippen molar-refractivity contribution >= 4 is 0 Å². The van der Waals surface area contributed by atoms with Crippen LogP contribution in [0.4, 0.5) is 0 Å². The van der Waals surface area contributed by atoms with Crippen molar-refractivity contribution in [1.82, 2.24) is 9.97 Å². The Labute approximate surface area is 71.5 Å². The molecule has 64 valence electrons. The summed E-state index contributed by atoms with van der Waals surface area (Å²) in [4.78, 5) is 8.05. The molecule has 0 saturated heterocycles. The van der Waals surface area contributed by atoms with Crippen LogP contribution >= 0.6 is 0 Å². The van der Waals surface area contributed by atoms with Crippen LogP contribution in [0.1, 0.15) is 37.4 Å². The van der Waals surface area contributed by atoms with Crippen LogP contribution < -0.4 is 0 Å². The van der Waals surface area contributed by atoms with E-state index in [1.165, 1.54) is 6.33 Å². The van der Waals surface area contributed by atoms with Crippen LogP contribution in [0.25, 0.3) is 0 Å². The molecule has 0 spiro atoms. The van der Waals surface area contributed by atoms with Crippen molar-refractivity contribution < 1.29 is 5.11 Å². The summed E-state index contributed by atoms with van der Waals surface area (Å²) in [6.07, 6.45) is 4.04. The first kappa shape index (κ1) is 7.68. The molecule has 3 heteroatoms. The number of aromatic nitrogens is 2. The maximum Gasteiger partial charge on any atom is 0.115 e. The highest BCUT2D eigenvalue weighted by molar-refractivity contribution is 5.31. The van der Waals surface area contributed by atoms with Gasteiger partial charge < -0.3 is 5.11 Å². The minimum atomic E-state index is -0.752. The van der Waals surface area contributed by atoms with Gasteiger partial charge in [-0.15, -0.1) is 0 Å². The van der Waals surface area contributed by atoms with Gasteiger partial charge in [-0.3, -0.25) is 0 Å². The summed E-state index contributed by atoms with van der Waals surface area (Å²) < 4.78 is 0. The van der Waals surface area contributed by atoms with Crippen LogP contribution in [0, 0.1) is 0 Å². The summed E-state index contributed by atoms with van der Waals surface area (Å²) in [5, 5.41) is 9.93. The third-order valence-corrected chi connectivity index (χ3v) is 2.49. The zero-order valence-electron chi connectivity index (χ0n) is 7.28. The summed E-state index contributed by atoms with van der Waals surface area (Å²) in [6, 6.07) is 0. The Morgan fingerprint density at radius 1 is 1.67 bits per heavy atom. The molecule has 2 rings (SSSR count). The molecule has 12 heavy (non-hydrogen) atoms. The molecule has 1 aromatic heterocycles. The van der Waals surface area contributed by atoms with Crippen molar-refractivity contribution in [3.63, 3.8) is 0 Å². The first-order valence-electron chi connectivity index (χ1n) is 4.14. The maximum atomic E-state index is 9.93. The standard InChI is InChI=1S/C9H12N2O/c1-6-3-9(2,12)8-7(6)4-10-5-11-8/h4-6,12H,3H2,1-2H3/t6-,9-/m1/s1. The molecule has 0 unspecified atom stereocenters. The van der Waals surface area contributed by atoms with Gasteiger partial charge in [0.1, 0.15) is 11.9 Å². The first-order chi connectivity index (χ1) is 5.61. The molecule has 0 aliphatic heterocycles. The molecule has 2 atom stereocenters. The third kappa shape index (κ3) is 0.932. The van der Waals surface area contributed by atoms with Crippen molar-refractivity contribution in [1.29, 1.82) is 0 Å². The molecule has 1 N–H and O–H groups in total. The van der Waals surface area contributed by atoms with Crippen LogP contribution in [0.5, 0.6) is 0 Å². The van der Waals surface area contributed by atoms with Gasteiger partial charge >= 0.3 is 0 Å². The second kappa shape index (κ2) is 2.26. The highest BCUT2D eigenvalue weighted by atomic mass is 16.3. The number of fused-ring (bicyclic) bond motifs is 1. The first-order valence-corrected chi connectivity index (χ1v) is 4.14. The Morgan fingerprint density at radius 2 is 2.42 bits per heavy atom. The molecule has 0 bridgehead atoms. The summed E-state index contributed by atoms with van der Waals surface area (Å²) in [5.41, 5.74) is 1.13. The van der Waals surface area contributed by atoms with Gasteiger partial charge in [0.25, 0.3) is 0 Å². The Hall–Kier alpha value is -0.960. The minimum absolute atomic E-state index is 0.371. The molecule has 1 aliphatic rings. The normalized spacial score (nSPS) is 33.4. The highest BCUT2D eigenvalue weighted by Gasteiger charge is 2.37. The summed E-state index contributed by atoms with van der Waals surface area (Å²) >= 11 is 0. The number of hydrogen-bond acceptors (Lipinski definition) is 3. The third-order valence-electron chi connectivity index (χ3n) is 2.49. The van der Waals surface area contributed by atoms with Crippen molar-refractivity contribution in [2.45, 2.75) is 31.8 Å². The SMILES string of the molecule is C[C@@H]1C[C@@](C)(O)c2ncncc21. The molecule has 0 amide bonds. The average Bonchev–Trinajstić information content (AvgIpc) is 2.25. The van der Waals surface area contributed by atoms with Crippen LogP contribution in [0.15, 0.2) is 12.5 Å². The van der Waals surface area contributed by atoms with Gasteiger partial charge in [0.15, 0.2) is 0 Å². The van der Waals surface area contributed by atoms with E-state index in [1.54, 1.807) is 6.20 Å². The Kier molecular flexibility index (Phi) is 1.45. The van der Waals surface area contributed by atoms with Crippen molar-refractivity contribution in [3.05, 3.63) is 23.8 Å². The van der Waals surface area contributed by atoms with Gasteiger partial charge in [0.05, 0.1) is 5.69 Å². The number of aliphatic hydroxyl groups is 1. The second-order valence-corrected chi connectivity index (χ2v) is 3.71. The lowest BCUT2D eigenvalue weighted by atomic mass is 10.0. The number of rotatable bonds is 0. The molecule has 1 heterocycles. The van der Waals surface area contributed by atoms with Gasteiger partial charge in [0, 0.05) is 6.20 Å². The second-order valence-electron chi connectivity index (χ2n) is 3.71. The van der Waals surface area contributed by atoms with E-state index in [2.05, 4.69) is 16.9 Å². The van der Waals surface area contributed by atoms with Gasteiger partial charge in [-0.1, -0.05) is 6.92 Å². The minimum Gasteiger partial charge on any atom is -0.384 e. The lowest BCUT2D eigenvalue weighted by Gasteiger charge is -2.15. The van der Waals surface area contributed by atoms with Crippen LogP contribution in [0.2, 0.25) is 0 Å². The molecule has 3 nitrogen and oxygen atoms in total. The molecule has 1 aromatic rings. The lowest BCUT2D eigenvalue weighted by molar-refractivity contribution is 0.0511. The quantitative estimate of drug-likeness (QED) is 0.626. The number of nitrogens with zero attached hydrogens (tertiary/aromatic N) is 2. The van der Waals surface area contributed by atoms with E-state index in [1.807, 2.05) is 6.92 Å². The summed E-state index contributed by atoms with van der Waals surface area (Å²) in [5.74, 6) is 0.371. The molecule has 1 aliphatic carbocycles. The van der Waals surface area contributed by atoms with Gasteiger partial charge in [-0.2, -0.15) is 0 Å². The predicted octanol–water partition coefficient (Wildman–Crippen LogP) is 1.19. The Balaban J connectivity index is 2.58. The van der Waals surface area contributed by atoms with Crippen molar-refractivity contribution in [2.75, 3.05) is 0 Å². The molecular weight excluding hydrogens is 152 g/mol. The molecule has 0 radical (unpaired) electrons. The fourth-order valence-corrected chi connectivity index (χ4v) is 1.95. The van der Waals surface area contributed by atoms with E-state index >= 15 is 0 Å². The summed E-state index contributed by atoms with van der Waals surface area (Å²) in [7, 11) is 0. The van der Waals surface area contributed by atoms with Crippen molar-refractivity contribution in [3.8, 4) is 0 Å².